The fraction of sp³-hybridized carbons (Fsp3) is 0.500. The van der Waals surface area contributed by atoms with Gasteiger partial charge in [-0.1, -0.05) is 0 Å². The predicted molar refractivity (Wildman–Crippen MR) is 107 cm³/mol. The first-order valence-electron chi connectivity index (χ1n) is 9.03. The molecular weight excluding hydrogens is 346 g/mol. The van der Waals surface area contributed by atoms with Gasteiger partial charge in [-0.2, -0.15) is 0 Å². The summed E-state index contributed by atoms with van der Waals surface area (Å²) in [6.45, 7) is 3.89. The number of carbonyl (C=O) groups excluding carboxylic acids is 1. The van der Waals surface area contributed by atoms with Gasteiger partial charge in [0.15, 0.2) is 11.5 Å². The number of nitrogens with zero attached hydrogens (tertiary/aromatic N) is 3. The van der Waals surface area contributed by atoms with Crippen molar-refractivity contribution < 1.29 is 14.3 Å². The first-order valence-corrected chi connectivity index (χ1v) is 9.03. The fourth-order valence-corrected chi connectivity index (χ4v) is 3.05. The van der Waals surface area contributed by atoms with Gasteiger partial charge in [-0.15, -0.1) is 0 Å². The number of aromatic nitrogens is 1. The molecule has 0 aliphatic heterocycles. The summed E-state index contributed by atoms with van der Waals surface area (Å²) in [7, 11) is 8.85. The van der Waals surface area contributed by atoms with E-state index in [2.05, 4.69) is 4.90 Å². The number of carbonyl (C=O) groups is 1. The summed E-state index contributed by atoms with van der Waals surface area (Å²) in [5.41, 5.74) is 0.333. The van der Waals surface area contributed by atoms with Crippen molar-refractivity contribution in [1.29, 1.82) is 0 Å². The molecule has 0 N–H and O–H groups in total. The van der Waals surface area contributed by atoms with Crippen molar-refractivity contribution in [3.63, 3.8) is 0 Å². The Morgan fingerprint density at radius 2 is 1.63 bits per heavy atom. The summed E-state index contributed by atoms with van der Waals surface area (Å²) in [4.78, 5) is 29.6. The summed E-state index contributed by atoms with van der Waals surface area (Å²) in [5, 5.41) is 1.02. The number of methoxy groups -OCH3 is 2. The molecule has 0 aliphatic rings. The van der Waals surface area contributed by atoms with Gasteiger partial charge in [0, 0.05) is 31.7 Å². The van der Waals surface area contributed by atoms with Crippen LogP contribution in [0, 0.1) is 0 Å². The van der Waals surface area contributed by atoms with Crippen molar-refractivity contribution in [3.8, 4) is 11.5 Å². The lowest BCUT2D eigenvalue weighted by molar-refractivity contribution is 0.0791. The molecule has 7 nitrogen and oxygen atoms in total. The maximum absolute atomic E-state index is 13.1. The molecule has 148 valence electrons. The minimum atomic E-state index is -0.153. The highest BCUT2D eigenvalue weighted by molar-refractivity contribution is 6.07. The Balaban J connectivity index is 2.55. The van der Waals surface area contributed by atoms with Crippen LogP contribution in [0.2, 0.25) is 0 Å². The van der Waals surface area contributed by atoms with Crippen LogP contribution in [-0.4, -0.2) is 68.7 Å². The first-order chi connectivity index (χ1) is 12.8. The highest BCUT2D eigenvalue weighted by Gasteiger charge is 2.20. The van der Waals surface area contributed by atoms with Crippen LogP contribution in [-0.2, 0) is 6.54 Å². The molecule has 1 amide bonds. The number of ether oxygens (including phenoxy) is 2. The van der Waals surface area contributed by atoms with E-state index in [4.69, 9.17) is 9.47 Å². The molecule has 0 bridgehead atoms. The van der Waals surface area contributed by atoms with Crippen LogP contribution in [0.4, 0.5) is 0 Å². The molecular formula is C20H29N3O4. The van der Waals surface area contributed by atoms with Gasteiger partial charge < -0.3 is 23.8 Å². The minimum Gasteiger partial charge on any atom is -0.493 e. The smallest absolute Gasteiger partial charge is 0.258 e. The summed E-state index contributed by atoms with van der Waals surface area (Å²) in [5.74, 6) is 0.838. The third-order valence-corrected chi connectivity index (χ3v) is 4.61. The molecule has 1 aromatic carbocycles. The average molecular weight is 375 g/mol. The van der Waals surface area contributed by atoms with Crippen molar-refractivity contribution in [3.05, 3.63) is 34.2 Å². The number of hydrogen-bond donors (Lipinski definition) is 0. The zero-order chi connectivity index (χ0) is 20.1. The van der Waals surface area contributed by atoms with Crippen molar-refractivity contribution in [2.75, 3.05) is 48.5 Å². The van der Waals surface area contributed by atoms with E-state index >= 15 is 0 Å². The fourth-order valence-electron chi connectivity index (χ4n) is 3.05. The van der Waals surface area contributed by atoms with Gasteiger partial charge in [0.2, 0.25) is 0 Å². The van der Waals surface area contributed by atoms with Crippen LogP contribution in [0.3, 0.4) is 0 Å². The van der Waals surface area contributed by atoms with Crippen molar-refractivity contribution in [1.82, 2.24) is 14.4 Å². The molecule has 7 heteroatoms. The molecule has 0 saturated heterocycles. The van der Waals surface area contributed by atoms with Crippen molar-refractivity contribution >= 4 is 16.7 Å². The Morgan fingerprint density at radius 1 is 1.04 bits per heavy atom. The number of rotatable bonds is 8. The second kappa shape index (κ2) is 8.90. The van der Waals surface area contributed by atoms with Crippen LogP contribution in [0.5, 0.6) is 11.5 Å². The largest absolute Gasteiger partial charge is 0.493 e. The zero-order valence-corrected chi connectivity index (χ0v) is 17.0. The van der Waals surface area contributed by atoms with Gasteiger partial charge in [-0.3, -0.25) is 9.59 Å². The van der Waals surface area contributed by atoms with E-state index in [0.717, 1.165) is 13.0 Å². The maximum atomic E-state index is 13.1. The molecule has 0 radical (unpaired) electrons. The average Bonchev–Trinajstić information content (AvgIpc) is 2.66. The topological polar surface area (TPSA) is 64.0 Å². The van der Waals surface area contributed by atoms with E-state index in [1.54, 1.807) is 34.8 Å². The van der Waals surface area contributed by atoms with Gasteiger partial charge >= 0.3 is 0 Å². The molecule has 2 aromatic rings. The predicted octanol–water partition coefficient (Wildman–Crippen LogP) is 2.06. The number of hydrogen-bond acceptors (Lipinski definition) is 5. The third-order valence-electron chi connectivity index (χ3n) is 4.61. The lowest BCUT2D eigenvalue weighted by Gasteiger charge is -2.20. The van der Waals surface area contributed by atoms with Crippen LogP contribution in [0.15, 0.2) is 23.1 Å². The normalized spacial score (nSPS) is 11.1. The number of fused-ring (bicyclic) bond motifs is 1. The van der Waals surface area contributed by atoms with E-state index < -0.39 is 0 Å². The van der Waals surface area contributed by atoms with Gasteiger partial charge in [0.25, 0.3) is 11.5 Å². The van der Waals surface area contributed by atoms with Gasteiger partial charge in [0.1, 0.15) is 0 Å². The number of pyridine rings is 1. The van der Waals surface area contributed by atoms with Gasteiger partial charge in [-0.25, -0.2) is 0 Å². The van der Waals surface area contributed by atoms with E-state index in [9.17, 15) is 9.59 Å². The zero-order valence-electron chi connectivity index (χ0n) is 17.0. The summed E-state index contributed by atoms with van der Waals surface area (Å²) in [6.07, 6.45) is 2.51. The summed E-state index contributed by atoms with van der Waals surface area (Å²) >= 11 is 0. The lowest BCUT2D eigenvalue weighted by atomic mass is 10.0. The third kappa shape index (κ3) is 4.42. The quantitative estimate of drug-likeness (QED) is 0.707. The van der Waals surface area contributed by atoms with E-state index in [1.807, 2.05) is 21.0 Å². The molecule has 2 rings (SSSR count). The number of aryl methyl sites for hydroxylation is 1. The highest BCUT2D eigenvalue weighted by Crippen LogP contribution is 2.32. The molecule has 1 heterocycles. The molecule has 0 fully saturated rings. The lowest BCUT2D eigenvalue weighted by Crippen LogP contribution is -2.31. The SMILES string of the molecule is CCn1cc(C(=O)N(C)CCCN(C)C)c2cc(OC)c(OC)cc2c1=O. The van der Waals surface area contributed by atoms with E-state index in [1.165, 1.54) is 14.2 Å². The molecule has 0 atom stereocenters. The van der Waals surface area contributed by atoms with Crippen LogP contribution in [0.25, 0.3) is 10.8 Å². The van der Waals surface area contributed by atoms with E-state index in [0.29, 0.717) is 40.9 Å². The molecule has 27 heavy (non-hydrogen) atoms. The number of amides is 1. The van der Waals surface area contributed by atoms with Gasteiger partial charge in [-0.05, 0) is 46.1 Å². The monoisotopic (exact) mass is 375 g/mol. The van der Waals surface area contributed by atoms with Crippen molar-refractivity contribution in [2.24, 2.45) is 0 Å². The Hall–Kier alpha value is -2.54. The second-order valence-corrected chi connectivity index (χ2v) is 6.77. The number of benzene rings is 1. The van der Waals surface area contributed by atoms with E-state index in [-0.39, 0.29) is 11.5 Å². The summed E-state index contributed by atoms with van der Waals surface area (Å²) < 4.78 is 12.2. The van der Waals surface area contributed by atoms with Crippen molar-refractivity contribution in [2.45, 2.75) is 19.9 Å². The van der Waals surface area contributed by atoms with Crippen LogP contribution < -0.4 is 15.0 Å². The van der Waals surface area contributed by atoms with Crippen LogP contribution in [0.1, 0.15) is 23.7 Å². The second-order valence-electron chi connectivity index (χ2n) is 6.77. The Morgan fingerprint density at radius 3 is 2.15 bits per heavy atom. The van der Waals surface area contributed by atoms with Crippen LogP contribution >= 0.6 is 0 Å². The van der Waals surface area contributed by atoms with Gasteiger partial charge in [0.05, 0.1) is 25.2 Å². The standard InChI is InChI=1S/C20H29N3O4/c1-7-23-13-16(19(24)22(4)10-8-9-21(2)3)14-11-17(26-5)18(27-6)12-15(14)20(23)25/h11-13H,7-10H2,1-6H3. The minimum absolute atomic E-state index is 0.117. The molecule has 1 aromatic heterocycles. The molecule has 0 aliphatic carbocycles. The molecule has 0 saturated carbocycles. The maximum Gasteiger partial charge on any atom is 0.258 e. The first kappa shape index (κ1) is 20.8. The molecule has 0 spiro atoms. The Labute approximate surface area is 160 Å². The summed E-state index contributed by atoms with van der Waals surface area (Å²) in [6, 6.07) is 3.35. The highest BCUT2D eigenvalue weighted by atomic mass is 16.5. The molecule has 0 unspecified atom stereocenters. The Bertz CT molecular complexity index is 874. The Kier molecular flexibility index (Phi) is 6.85.